The number of ether oxygens (including phenoxy) is 1. The second kappa shape index (κ2) is 9.19. The molecule has 9 heteroatoms. The number of carbonyl (C=O) groups is 3. The summed E-state index contributed by atoms with van der Waals surface area (Å²) in [5, 5.41) is 2.16. The van der Waals surface area contributed by atoms with E-state index in [1.807, 2.05) is 0 Å². The van der Waals surface area contributed by atoms with E-state index in [0.717, 1.165) is 4.90 Å². The van der Waals surface area contributed by atoms with Crippen LogP contribution in [0.2, 0.25) is 0 Å². The highest BCUT2D eigenvalue weighted by Gasteiger charge is 2.36. The molecule has 4 rings (SSSR count). The molecule has 1 saturated heterocycles. The molecule has 2 heterocycles. The Balaban J connectivity index is 1.63. The van der Waals surface area contributed by atoms with Crippen LogP contribution in [0.25, 0.3) is 6.08 Å². The molecule has 2 aromatic carbocycles. The van der Waals surface area contributed by atoms with Crippen LogP contribution in [0.3, 0.4) is 0 Å². The first-order valence-electron chi connectivity index (χ1n) is 9.49. The predicted molar refractivity (Wildman–Crippen MR) is 116 cm³/mol. The van der Waals surface area contributed by atoms with Crippen molar-refractivity contribution in [3.05, 3.63) is 93.6 Å². The van der Waals surface area contributed by atoms with Gasteiger partial charge in [0.1, 0.15) is 29.5 Å². The minimum Gasteiger partial charge on any atom is -0.488 e. The summed E-state index contributed by atoms with van der Waals surface area (Å²) in [7, 11) is 0. The molecular formula is C23H16BrFN2O5. The number of rotatable bonds is 6. The van der Waals surface area contributed by atoms with E-state index in [9.17, 15) is 18.8 Å². The van der Waals surface area contributed by atoms with Gasteiger partial charge in [-0.15, -0.1) is 0 Å². The van der Waals surface area contributed by atoms with Crippen molar-refractivity contribution in [1.82, 2.24) is 10.2 Å². The van der Waals surface area contributed by atoms with E-state index in [2.05, 4.69) is 21.2 Å². The van der Waals surface area contributed by atoms with Crippen molar-refractivity contribution in [2.45, 2.75) is 13.2 Å². The average molecular weight is 499 g/mol. The fraction of sp³-hybridized carbons (Fsp3) is 0.0870. The van der Waals surface area contributed by atoms with Gasteiger partial charge in [0.05, 0.1) is 12.8 Å². The quantitative estimate of drug-likeness (QED) is 0.401. The molecule has 0 atom stereocenters. The number of hydrogen-bond acceptors (Lipinski definition) is 5. The average Bonchev–Trinajstić information content (AvgIpc) is 3.28. The normalized spacial score (nSPS) is 15.2. The number of carbonyl (C=O) groups excluding carboxylic acids is 3. The van der Waals surface area contributed by atoms with E-state index in [1.54, 1.807) is 48.5 Å². The third-order valence-electron chi connectivity index (χ3n) is 4.69. The van der Waals surface area contributed by atoms with Gasteiger partial charge in [-0.1, -0.05) is 34.1 Å². The molecule has 1 aliphatic heterocycles. The van der Waals surface area contributed by atoms with Crippen molar-refractivity contribution in [3.63, 3.8) is 0 Å². The van der Waals surface area contributed by atoms with E-state index < -0.39 is 23.7 Å². The number of amides is 4. The minimum absolute atomic E-state index is 0.0479. The van der Waals surface area contributed by atoms with Crippen LogP contribution < -0.4 is 10.1 Å². The van der Waals surface area contributed by atoms with E-state index in [1.165, 1.54) is 18.4 Å². The summed E-state index contributed by atoms with van der Waals surface area (Å²) in [4.78, 5) is 38.4. The van der Waals surface area contributed by atoms with Crippen LogP contribution in [0, 0.1) is 5.82 Å². The molecule has 162 valence electrons. The van der Waals surface area contributed by atoms with Gasteiger partial charge in [0, 0.05) is 15.6 Å². The summed E-state index contributed by atoms with van der Waals surface area (Å²) in [6.45, 7) is -0.175. The lowest BCUT2D eigenvalue weighted by Gasteiger charge is -2.25. The number of furan rings is 1. The second-order valence-corrected chi connectivity index (χ2v) is 7.77. The SMILES string of the molecule is O=C1NC(=O)N(Cc2ccco2)C(=O)C1=Cc1cc(Br)ccc1OCc1ccccc1F. The third kappa shape index (κ3) is 4.62. The molecule has 1 aromatic heterocycles. The summed E-state index contributed by atoms with van der Waals surface area (Å²) in [5.41, 5.74) is 0.516. The van der Waals surface area contributed by atoms with Crippen LogP contribution in [0.4, 0.5) is 9.18 Å². The molecule has 3 aromatic rings. The highest BCUT2D eigenvalue weighted by atomic mass is 79.9. The molecular weight excluding hydrogens is 483 g/mol. The Labute approximate surface area is 190 Å². The minimum atomic E-state index is -0.834. The van der Waals surface area contributed by atoms with E-state index >= 15 is 0 Å². The Morgan fingerprint density at radius 1 is 1.09 bits per heavy atom. The van der Waals surface area contributed by atoms with Crippen LogP contribution in [-0.2, 0) is 22.7 Å². The van der Waals surface area contributed by atoms with Crippen LogP contribution in [0.1, 0.15) is 16.9 Å². The van der Waals surface area contributed by atoms with Gasteiger partial charge in [-0.25, -0.2) is 9.18 Å². The molecule has 4 amide bonds. The number of halogens is 2. The fourth-order valence-electron chi connectivity index (χ4n) is 3.09. The van der Waals surface area contributed by atoms with Crippen LogP contribution in [-0.4, -0.2) is 22.7 Å². The standard InChI is InChI=1S/C23H16BrFN2O5/c24-16-7-8-20(32-13-14-4-1-2-6-19(14)25)15(10-16)11-18-21(28)26-23(30)27(22(18)29)12-17-5-3-9-31-17/h1-11H,12-13H2,(H,26,28,30). The maximum Gasteiger partial charge on any atom is 0.331 e. The number of nitrogens with one attached hydrogen (secondary N) is 1. The first-order valence-corrected chi connectivity index (χ1v) is 10.3. The third-order valence-corrected chi connectivity index (χ3v) is 5.19. The Kier molecular flexibility index (Phi) is 6.18. The molecule has 0 bridgehead atoms. The molecule has 0 radical (unpaired) electrons. The van der Waals surface area contributed by atoms with Crippen molar-refractivity contribution >= 4 is 39.9 Å². The summed E-state index contributed by atoms with van der Waals surface area (Å²) in [5.74, 6) is -1.28. The highest BCUT2D eigenvalue weighted by Crippen LogP contribution is 2.28. The number of nitrogens with zero attached hydrogens (tertiary/aromatic N) is 1. The van der Waals surface area contributed by atoms with Gasteiger partial charge < -0.3 is 9.15 Å². The second-order valence-electron chi connectivity index (χ2n) is 6.85. The van der Waals surface area contributed by atoms with Gasteiger partial charge in [-0.2, -0.15) is 0 Å². The maximum atomic E-state index is 13.9. The molecule has 0 spiro atoms. The lowest BCUT2D eigenvalue weighted by molar-refractivity contribution is -0.130. The van der Waals surface area contributed by atoms with Gasteiger partial charge in [-0.3, -0.25) is 19.8 Å². The number of barbiturate groups is 1. The van der Waals surface area contributed by atoms with Crippen molar-refractivity contribution < 1.29 is 27.9 Å². The first-order chi connectivity index (χ1) is 15.4. The van der Waals surface area contributed by atoms with Gasteiger partial charge in [0.15, 0.2) is 0 Å². The molecule has 1 N–H and O–H groups in total. The Morgan fingerprint density at radius 2 is 1.91 bits per heavy atom. The number of urea groups is 1. The van der Waals surface area contributed by atoms with Gasteiger partial charge >= 0.3 is 6.03 Å². The van der Waals surface area contributed by atoms with Crippen molar-refractivity contribution in [2.24, 2.45) is 0 Å². The fourth-order valence-corrected chi connectivity index (χ4v) is 3.46. The summed E-state index contributed by atoms with van der Waals surface area (Å²) in [6, 6.07) is 13.6. The summed E-state index contributed by atoms with van der Waals surface area (Å²) >= 11 is 3.35. The zero-order valence-electron chi connectivity index (χ0n) is 16.5. The Bertz CT molecular complexity index is 1220. The van der Waals surface area contributed by atoms with Crippen molar-refractivity contribution in [3.8, 4) is 5.75 Å². The predicted octanol–water partition coefficient (Wildman–Crippen LogP) is 4.42. The zero-order chi connectivity index (χ0) is 22.7. The monoisotopic (exact) mass is 498 g/mol. The Morgan fingerprint density at radius 3 is 2.66 bits per heavy atom. The molecule has 0 unspecified atom stereocenters. The first kappa shape index (κ1) is 21.5. The largest absolute Gasteiger partial charge is 0.488 e. The molecule has 0 saturated carbocycles. The van der Waals surface area contributed by atoms with Crippen LogP contribution in [0.15, 0.2) is 75.3 Å². The number of imide groups is 2. The van der Waals surface area contributed by atoms with Crippen molar-refractivity contribution in [1.29, 1.82) is 0 Å². The molecule has 1 aliphatic rings. The lowest BCUT2D eigenvalue weighted by Crippen LogP contribution is -2.53. The molecule has 0 aliphatic carbocycles. The van der Waals surface area contributed by atoms with E-state index in [4.69, 9.17) is 9.15 Å². The van der Waals surface area contributed by atoms with Crippen LogP contribution in [0.5, 0.6) is 5.75 Å². The van der Waals surface area contributed by atoms with Gasteiger partial charge in [0.2, 0.25) is 0 Å². The lowest BCUT2D eigenvalue weighted by atomic mass is 10.1. The molecule has 1 fully saturated rings. The molecule has 32 heavy (non-hydrogen) atoms. The number of hydrogen-bond donors (Lipinski definition) is 1. The molecule has 7 nitrogen and oxygen atoms in total. The maximum absolute atomic E-state index is 13.9. The van der Waals surface area contributed by atoms with Crippen molar-refractivity contribution in [2.75, 3.05) is 0 Å². The topological polar surface area (TPSA) is 88.9 Å². The smallest absolute Gasteiger partial charge is 0.331 e. The summed E-state index contributed by atoms with van der Waals surface area (Å²) < 4.78 is 25.6. The van der Waals surface area contributed by atoms with Gasteiger partial charge in [-0.05, 0) is 42.5 Å². The van der Waals surface area contributed by atoms with E-state index in [0.29, 0.717) is 27.1 Å². The van der Waals surface area contributed by atoms with E-state index in [-0.39, 0.29) is 18.7 Å². The highest BCUT2D eigenvalue weighted by molar-refractivity contribution is 9.10. The Hall–Kier alpha value is -3.72. The zero-order valence-corrected chi connectivity index (χ0v) is 18.1. The van der Waals surface area contributed by atoms with Gasteiger partial charge in [0.25, 0.3) is 11.8 Å². The summed E-state index contributed by atoms with van der Waals surface area (Å²) in [6.07, 6.45) is 2.75. The number of benzene rings is 2. The van der Waals surface area contributed by atoms with Crippen LogP contribution >= 0.6 is 15.9 Å².